The van der Waals surface area contributed by atoms with Crippen molar-refractivity contribution in [3.05, 3.63) is 0 Å². The van der Waals surface area contributed by atoms with Crippen LogP contribution >= 0.6 is 0 Å². The first-order valence-corrected chi connectivity index (χ1v) is 6.94. The molecule has 19 heavy (non-hydrogen) atoms. The van der Waals surface area contributed by atoms with E-state index in [4.69, 9.17) is 5.73 Å². The van der Waals surface area contributed by atoms with Crippen molar-refractivity contribution in [1.82, 2.24) is 15.5 Å². The van der Waals surface area contributed by atoms with Gasteiger partial charge in [-0.1, -0.05) is 20.8 Å². The highest BCUT2D eigenvalue weighted by atomic mass is 16.2. The molecule has 3 amide bonds. The summed E-state index contributed by atoms with van der Waals surface area (Å²) in [7, 11) is 0. The van der Waals surface area contributed by atoms with Gasteiger partial charge in [-0.2, -0.15) is 0 Å². The van der Waals surface area contributed by atoms with Crippen LogP contribution in [0.4, 0.5) is 4.79 Å². The van der Waals surface area contributed by atoms with Crippen LogP contribution in [0, 0.1) is 11.8 Å². The minimum absolute atomic E-state index is 0.118. The summed E-state index contributed by atoms with van der Waals surface area (Å²) >= 11 is 0. The van der Waals surface area contributed by atoms with Crippen LogP contribution < -0.4 is 16.4 Å². The third-order valence-electron chi connectivity index (χ3n) is 3.37. The summed E-state index contributed by atoms with van der Waals surface area (Å²) in [5.74, 6) is 0.652. The number of carbonyl (C=O) groups is 2. The predicted molar refractivity (Wildman–Crippen MR) is 74.6 cm³/mol. The number of hydrogen-bond donors (Lipinski definition) is 3. The number of urea groups is 1. The number of nitrogens with two attached hydrogens (primary N) is 1. The van der Waals surface area contributed by atoms with Crippen LogP contribution in [0.2, 0.25) is 0 Å². The zero-order valence-corrected chi connectivity index (χ0v) is 12.1. The number of carbonyl (C=O) groups excluding carboxylic acids is 2. The Morgan fingerprint density at radius 2 is 2.05 bits per heavy atom. The molecular weight excluding hydrogens is 244 g/mol. The molecule has 6 heteroatoms. The Balaban J connectivity index is 2.18. The standard InChI is InChI=1S/C13H26N4O2/c1-9(2)4-5-15-13(19)16-12(18)8-17-6-10(3)11(14)7-17/h9-11H,4-8,14H2,1-3H3,(H2,15,16,18,19). The maximum Gasteiger partial charge on any atom is 0.321 e. The summed E-state index contributed by atoms with van der Waals surface area (Å²) in [6.07, 6.45) is 0.903. The lowest BCUT2D eigenvalue weighted by Gasteiger charge is -2.14. The number of hydrogen-bond acceptors (Lipinski definition) is 4. The highest BCUT2D eigenvalue weighted by Crippen LogP contribution is 2.13. The average molecular weight is 270 g/mol. The Morgan fingerprint density at radius 3 is 2.58 bits per heavy atom. The van der Waals surface area contributed by atoms with Gasteiger partial charge in [0.25, 0.3) is 0 Å². The summed E-state index contributed by atoms with van der Waals surface area (Å²) in [5.41, 5.74) is 5.89. The monoisotopic (exact) mass is 270 g/mol. The van der Waals surface area contributed by atoms with Gasteiger partial charge in [0.1, 0.15) is 0 Å². The SMILES string of the molecule is CC(C)CCNC(=O)NC(=O)CN1CC(C)C(N)C1. The van der Waals surface area contributed by atoms with E-state index in [9.17, 15) is 9.59 Å². The molecule has 0 radical (unpaired) electrons. The van der Waals surface area contributed by atoms with E-state index in [1.54, 1.807) is 0 Å². The molecule has 0 aliphatic carbocycles. The Hall–Kier alpha value is -1.14. The van der Waals surface area contributed by atoms with Gasteiger partial charge in [0.05, 0.1) is 6.54 Å². The van der Waals surface area contributed by atoms with Gasteiger partial charge in [-0.3, -0.25) is 15.0 Å². The topological polar surface area (TPSA) is 87.5 Å². The number of imide groups is 1. The molecule has 110 valence electrons. The molecule has 0 aromatic rings. The predicted octanol–water partition coefficient (Wildman–Crippen LogP) is 0.137. The summed E-state index contributed by atoms with van der Waals surface area (Å²) < 4.78 is 0. The summed E-state index contributed by atoms with van der Waals surface area (Å²) in [5, 5.41) is 5.01. The largest absolute Gasteiger partial charge is 0.338 e. The zero-order chi connectivity index (χ0) is 14.4. The number of nitrogens with zero attached hydrogens (tertiary/aromatic N) is 1. The van der Waals surface area contributed by atoms with Crippen molar-refractivity contribution in [2.45, 2.75) is 33.2 Å². The van der Waals surface area contributed by atoms with Gasteiger partial charge in [0.15, 0.2) is 0 Å². The Kier molecular flexibility index (Phi) is 6.24. The van der Waals surface area contributed by atoms with Crippen LogP contribution in [0.25, 0.3) is 0 Å². The van der Waals surface area contributed by atoms with Crippen LogP contribution in [0.3, 0.4) is 0 Å². The van der Waals surface area contributed by atoms with Crippen molar-refractivity contribution in [1.29, 1.82) is 0 Å². The van der Waals surface area contributed by atoms with Gasteiger partial charge in [-0.05, 0) is 18.3 Å². The molecule has 0 aromatic heterocycles. The molecule has 4 N–H and O–H groups in total. The number of amides is 3. The molecule has 2 atom stereocenters. The molecule has 0 bridgehead atoms. The van der Waals surface area contributed by atoms with E-state index in [1.165, 1.54) is 0 Å². The van der Waals surface area contributed by atoms with Gasteiger partial charge >= 0.3 is 6.03 Å². The van der Waals surface area contributed by atoms with Gasteiger partial charge < -0.3 is 11.1 Å². The van der Waals surface area contributed by atoms with Crippen molar-refractivity contribution in [3.8, 4) is 0 Å². The maximum absolute atomic E-state index is 11.7. The molecule has 2 unspecified atom stereocenters. The van der Waals surface area contributed by atoms with Crippen molar-refractivity contribution in [2.75, 3.05) is 26.2 Å². The van der Waals surface area contributed by atoms with Crippen LogP contribution in [0.1, 0.15) is 27.2 Å². The minimum Gasteiger partial charge on any atom is -0.338 e. The Bertz CT molecular complexity index is 310. The lowest BCUT2D eigenvalue weighted by atomic mass is 10.1. The van der Waals surface area contributed by atoms with Gasteiger partial charge in [0, 0.05) is 25.7 Å². The molecule has 1 aliphatic rings. The second-order valence-electron chi connectivity index (χ2n) is 5.82. The molecule has 1 saturated heterocycles. The van der Waals surface area contributed by atoms with Crippen LogP contribution in [-0.4, -0.2) is 49.1 Å². The Morgan fingerprint density at radius 1 is 1.37 bits per heavy atom. The van der Waals surface area contributed by atoms with E-state index < -0.39 is 6.03 Å². The van der Waals surface area contributed by atoms with E-state index in [-0.39, 0.29) is 18.5 Å². The summed E-state index contributed by atoms with van der Waals surface area (Å²) in [4.78, 5) is 25.1. The molecule has 1 fully saturated rings. The summed E-state index contributed by atoms with van der Waals surface area (Å²) in [6, 6.07) is -0.296. The van der Waals surface area contributed by atoms with Crippen molar-refractivity contribution in [3.63, 3.8) is 0 Å². The first-order chi connectivity index (χ1) is 8.88. The first-order valence-electron chi connectivity index (χ1n) is 6.94. The van der Waals surface area contributed by atoms with E-state index in [2.05, 4.69) is 31.4 Å². The molecule has 0 spiro atoms. The molecular formula is C13H26N4O2. The third kappa shape index (κ3) is 6.02. The highest BCUT2D eigenvalue weighted by molar-refractivity contribution is 5.95. The van der Waals surface area contributed by atoms with E-state index in [0.29, 0.717) is 24.9 Å². The van der Waals surface area contributed by atoms with E-state index in [0.717, 1.165) is 13.0 Å². The van der Waals surface area contributed by atoms with Crippen LogP contribution in [-0.2, 0) is 4.79 Å². The number of likely N-dealkylation sites (tertiary alicyclic amines) is 1. The minimum atomic E-state index is -0.415. The lowest BCUT2D eigenvalue weighted by molar-refractivity contribution is -0.120. The van der Waals surface area contributed by atoms with Crippen molar-refractivity contribution < 1.29 is 9.59 Å². The van der Waals surface area contributed by atoms with Crippen LogP contribution in [0.15, 0.2) is 0 Å². The molecule has 1 rings (SSSR count). The molecule has 1 heterocycles. The number of nitrogens with one attached hydrogen (secondary N) is 2. The maximum atomic E-state index is 11.7. The quantitative estimate of drug-likeness (QED) is 0.663. The van der Waals surface area contributed by atoms with Crippen molar-refractivity contribution >= 4 is 11.9 Å². The normalized spacial score (nSPS) is 23.6. The molecule has 0 aromatic carbocycles. The van der Waals surface area contributed by atoms with Gasteiger partial charge in [-0.15, -0.1) is 0 Å². The fourth-order valence-electron chi connectivity index (χ4n) is 2.11. The second kappa shape index (κ2) is 7.45. The fraction of sp³-hybridized carbons (Fsp3) is 0.846. The molecule has 1 aliphatic heterocycles. The molecule has 6 nitrogen and oxygen atoms in total. The van der Waals surface area contributed by atoms with Gasteiger partial charge in [0.2, 0.25) is 5.91 Å². The fourth-order valence-corrected chi connectivity index (χ4v) is 2.11. The van der Waals surface area contributed by atoms with Crippen molar-refractivity contribution in [2.24, 2.45) is 17.6 Å². The average Bonchev–Trinajstić information content (AvgIpc) is 2.56. The lowest BCUT2D eigenvalue weighted by Crippen LogP contribution is -2.44. The van der Waals surface area contributed by atoms with E-state index in [1.807, 2.05) is 4.90 Å². The van der Waals surface area contributed by atoms with Gasteiger partial charge in [-0.25, -0.2) is 4.79 Å². The zero-order valence-electron chi connectivity index (χ0n) is 12.1. The highest BCUT2D eigenvalue weighted by Gasteiger charge is 2.27. The van der Waals surface area contributed by atoms with E-state index >= 15 is 0 Å². The number of rotatable bonds is 5. The first kappa shape index (κ1) is 15.9. The van der Waals surface area contributed by atoms with Crippen LogP contribution in [0.5, 0.6) is 0 Å². The summed E-state index contributed by atoms with van der Waals surface area (Å²) in [6.45, 7) is 8.58. The third-order valence-corrected chi connectivity index (χ3v) is 3.37. The molecule has 0 saturated carbocycles. The Labute approximate surface area is 115 Å². The smallest absolute Gasteiger partial charge is 0.321 e. The second-order valence-corrected chi connectivity index (χ2v) is 5.82.